The lowest BCUT2D eigenvalue weighted by Crippen LogP contribution is -2.17. The summed E-state index contributed by atoms with van der Waals surface area (Å²) in [7, 11) is 0. The van der Waals surface area contributed by atoms with E-state index in [-0.39, 0.29) is 5.92 Å². The Balaban J connectivity index is 3.82. The molecule has 0 saturated carbocycles. The van der Waals surface area contributed by atoms with E-state index in [2.05, 4.69) is 20.8 Å². The van der Waals surface area contributed by atoms with Crippen LogP contribution in [0.4, 0.5) is 0 Å². The maximum atomic E-state index is 10.3. The maximum absolute atomic E-state index is 10.3. The van der Waals surface area contributed by atoms with E-state index < -0.39 is 5.97 Å². The standard InChI is InChI=1S/C9H18O2/c1-6(2)8(4)7(3)5-9(10)11/h6-8H,5H2,1-4H3,(H,10,11). The second kappa shape index (κ2) is 4.37. The highest BCUT2D eigenvalue weighted by Gasteiger charge is 2.17. The van der Waals surface area contributed by atoms with Crippen LogP contribution in [0.15, 0.2) is 0 Å². The zero-order valence-electron chi connectivity index (χ0n) is 7.79. The minimum atomic E-state index is -0.690. The second-order valence-corrected chi connectivity index (χ2v) is 3.68. The van der Waals surface area contributed by atoms with Crippen molar-refractivity contribution in [1.82, 2.24) is 0 Å². The van der Waals surface area contributed by atoms with Crippen molar-refractivity contribution in [2.75, 3.05) is 0 Å². The largest absolute Gasteiger partial charge is 0.481 e. The number of carboxylic acids is 1. The molecule has 2 unspecified atom stereocenters. The van der Waals surface area contributed by atoms with E-state index >= 15 is 0 Å². The zero-order valence-corrected chi connectivity index (χ0v) is 7.79. The van der Waals surface area contributed by atoms with Crippen molar-refractivity contribution in [2.24, 2.45) is 17.8 Å². The molecule has 66 valence electrons. The number of aliphatic carboxylic acids is 1. The molecular formula is C9H18O2. The Morgan fingerprint density at radius 2 is 1.73 bits per heavy atom. The molecule has 0 aliphatic carbocycles. The van der Waals surface area contributed by atoms with Crippen molar-refractivity contribution < 1.29 is 9.90 Å². The van der Waals surface area contributed by atoms with Crippen LogP contribution in [-0.4, -0.2) is 11.1 Å². The van der Waals surface area contributed by atoms with Gasteiger partial charge in [0.05, 0.1) is 0 Å². The predicted molar refractivity (Wildman–Crippen MR) is 45.4 cm³/mol. The summed E-state index contributed by atoms with van der Waals surface area (Å²) in [4.78, 5) is 10.3. The number of hydrogen-bond donors (Lipinski definition) is 1. The lowest BCUT2D eigenvalue weighted by Gasteiger charge is -2.21. The normalized spacial score (nSPS) is 16.5. The molecule has 0 aliphatic heterocycles. The van der Waals surface area contributed by atoms with E-state index in [1.807, 2.05) is 6.92 Å². The predicted octanol–water partition coefficient (Wildman–Crippen LogP) is 2.39. The SMILES string of the molecule is CC(C)C(C)C(C)CC(=O)O. The Kier molecular flexibility index (Phi) is 4.16. The van der Waals surface area contributed by atoms with Crippen LogP contribution in [-0.2, 0) is 4.79 Å². The molecule has 2 nitrogen and oxygen atoms in total. The Bertz CT molecular complexity index is 130. The van der Waals surface area contributed by atoms with Gasteiger partial charge in [0.25, 0.3) is 0 Å². The molecule has 0 spiro atoms. The van der Waals surface area contributed by atoms with Gasteiger partial charge in [0.15, 0.2) is 0 Å². The first-order valence-corrected chi connectivity index (χ1v) is 4.17. The first-order chi connectivity index (χ1) is 4.95. The van der Waals surface area contributed by atoms with Gasteiger partial charge in [-0.15, -0.1) is 0 Å². The molecule has 2 heteroatoms. The Hall–Kier alpha value is -0.530. The minimum Gasteiger partial charge on any atom is -0.481 e. The third-order valence-electron chi connectivity index (χ3n) is 2.45. The lowest BCUT2D eigenvalue weighted by atomic mass is 9.84. The summed E-state index contributed by atoms with van der Waals surface area (Å²) < 4.78 is 0. The first kappa shape index (κ1) is 10.5. The molecule has 0 aliphatic rings. The van der Waals surface area contributed by atoms with Crippen molar-refractivity contribution in [3.63, 3.8) is 0 Å². The summed E-state index contributed by atoms with van der Waals surface area (Å²) in [6.45, 7) is 8.36. The van der Waals surface area contributed by atoms with Crippen LogP contribution >= 0.6 is 0 Å². The molecule has 0 radical (unpaired) electrons. The number of rotatable bonds is 4. The van der Waals surface area contributed by atoms with Crippen LogP contribution in [0, 0.1) is 17.8 Å². The van der Waals surface area contributed by atoms with E-state index in [0.717, 1.165) is 0 Å². The van der Waals surface area contributed by atoms with Crippen LogP contribution in [0.25, 0.3) is 0 Å². The second-order valence-electron chi connectivity index (χ2n) is 3.68. The van der Waals surface area contributed by atoms with Crippen molar-refractivity contribution in [2.45, 2.75) is 34.1 Å². The smallest absolute Gasteiger partial charge is 0.303 e. The first-order valence-electron chi connectivity index (χ1n) is 4.17. The van der Waals surface area contributed by atoms with E-state index in [1.165, 1.54) is 0 Å². The lowest BCUT2D eigenvalue weighted by molar-refractivity contribution is -0.138. The summed E-state index contributed by atoms with van der Waals surface area (Å²) in [5.41, 5.74) is 0. The van der Waals surface area contributed by atoms with Gasteiger partial charge < -0.3 is 5.11 Å². The minimum absolute atomic E-state index is 0.285. The molecule has 0 bridgehead atoms. The molecular weight excluding hydrogens is 140 g/mol. The molecule has 0 aromatic rings. The molecule has 0 aromatic carbocycles. The fraction of sp³-hybridized carbons (Fsp3) is 0.889. The van der Waals surface area contributed by atoms with E-state index in [9.17, 15) is 4.79 Å². The number of carboxylic acid groups (broad SMARTS) is 1. The monoisotopic (exact) mass is 158 g/mol. The fourth-order valence-electron chi connectivity index (χ4n) is 1.12. The van der Waals surface area contributed by atoms with Gasteiger partial charge in [0.2, 0.25) is 0 Å². The Labute approximate surface area is 68.6 Å². The van der Waals surface area contributed by atoms with Gasteiger partial charge in [-0.05, 0) is 17.8 Å². The molecule has 1 N–H and O–H groups in total. The Morgan fingerprint density at radius 3 is 2.00 bits per heavy atom. The summed E-state index contributed by atoms with van der Waals surface area (Å²) >= 11 is 0. The summed E-state index contributed by atoms with van der Waals surface area (Å²) in [6.07, 6.45) is 0.291. The third kappa shape index (κ3) is 4.02. The quantitative estimate of drug-likeness (QED) is 0.682. The van der Waals surface area contributed by atoms with Crippen molar-refractivity contribution in [3.8, 4) is 0 Å². The summed E-state index contributed by atoms with van der Waals surface area (Å²) in [5, 5.41) is 8.51. The zero-order chi connectivity index (χ0) is 9.02. The molecule has 0 rings (SSSR count). The summed E-state index contributed by atoms with van der Waals surface area (Å²) in [5.74, 6) is 0.660. The van der Waals surface area contributed by atoms with Crippen LogP contribution in [0.2, 0.25) is 0 Å². The van der Waals surface area contributed by atoms with E-state index in [4.69, 9.17) is 5.11 Å². The van der Waals surface area contributed by atoms with Gasteiger partial charge in [0, 0.05) is 6.42 Å². The molecule has 0 fully saturated rings. The maximum Gasteiger partial charge on any atom is 0.303 e. The van der Waals surface area contributed by atoms with Crippen LogP contribution < -0.4 is 0 Å². The van der Waals surface area contributed by atoms with Crippen LogP contribution in [0.1, 0.15) is 34.1 Å². The summed E-state index contributed by atoms with van der Waals surface area (Å²) in [6, 6.07) is 0. The number of hydrogen-bond acceptors (Lipinski definition) is 1. The van der Waals surface area contributed by atoms with Gasteiger partial charge in [-0.2, -0.15) is 0 Å². The number of carbonyl (C=O) groups is 1. The highest BCUT2D eigenvalue weighted by Crippen LogP contribution is 2.22. The van der Waals surface area contributed by atoms with Crippen molar-refractivity contribution in [1.29, 1.82) is 0 Å². The van der Waals surface area contributed by atoms with Crippen LogP contribution in [0.5, 0.6) is 0 Å². The van der Waals surface area contributed by atoms with Gasteiger partial charge in [-0.25, -0.2) is 0 Å². The van der Waals surface area contributed by atoms with E-state index in [1.54, 1.807) is 0 Å². The third-order valence-corrected chi connectivity index (χ3v) is 2.45. The highest BCUT2D eigenvalue weighted by atomic mass is 16.4. The van der Waals surface area contributed by atoms with Gasteiger partial charge in [-0.3, -0.25) is 4.79 Å². The molecule has 0 heterocycles. The van der Waals surface area contributed by atoms with Gasteiger partial charge in [-0.1, -0.05) is 27.7 Å². The Morgan fingerprint density at radius 1 is 1.27 bits per heavy atom. The van der Waals surface area contributed by atoms with Crippen molar-refractivity contribution in [3.05, 3.63) is 0 Å². The van der Waals surface area contributed by atoms with Crippen LogP contribution in [0.3, 0.4) is 0 Å². The van der Waals surface area contributed by atoms with Gasteiger partial charge in [0.1, 0.15) is 0 Å². The molecule has 0 saturated heterocycles. The molecule has 0 amide bonds. The molecule has 0 aromatic heterocycles. The van der Waals surface area contributed by atoms with Gasteiger partial charge >= 0.3 is 5.97 Å². The van der Waals surface area contributed by atoms with Crippen molar-refractivity contribution >= 4 is 5.97 Å². The molecule has 11 heavy (non-hydrogen) atoms. The highest BCUT2D eigenvalue weighted by molar-refractivity contribution is 5.66. The average molecular weight is 158 g/mol. The average Bonchev–Trinajstić information content (AvgIpc) is 1.84. The van der Waals surface area contributed by atoms with E-state index in [0.29, 0.717) is 18.3 Å². The fourth-order valence-corrected chi connectivity index (χ4v) is 1.12. The topological polar surface area (TPSA) is 37.3 Å². The molecule has 2 atom stereocenters.